The Labute approximate surface area is 167 Å². The molecule has 0 amide bonds. The molecule has 0 radical (unpaired) electrons. The maximum absolute atomic E-state index is 5.90. The maximum Gasteiger partial charge on any atom is 0.0401 e. The molecule has 0 spiro atoms. The normalized spacial score (nSPS) is 11.1. The zero-order valence-electron chi connectivity index (χ0n) is 12.7. The smallest absolute Gasteiger partial charge is 0.0401 e. The lowest BCUT2D eigenvalue weighted by Gasteiger charge is -2.11. The zero-order chi connectivity index (χ0) is 16.7. The third-order valence-electron chi connectivity index (χ3n) is 4.04. The molecule has 0 fully saturated rings. The summed E-state index contributed by atoms with van der Waals surface area (Å²) in [7, 11) is 0. The van der Waals surface area contributed by atoms with Gasteiger partial charge in [0.2, 0.25) is 0 Å². The van der Waals surface area contributed by atoms with Crippen LogP contribution < -0.4 is 11.1 Å². The molecule has 2 nitrogen and oxygen atoms in total. The number of nitrogens with two attached hydrogens (primary N) is 1. The van der Waals surface area contributed by atoms with Crippen molar-refractivity contribution in [3.05, 3.63) is 73.9 Å². The van der Waals surface area contributed by atoms with Crippen molar-refractivity contribution in [3.63, 3.8) is 0 Å². The molecule has 0 aliphatic heterocycles. The minimum Gasteiger partial charge on any atom is -0.399 e. The summed E-state index contributed by atoms with van der Waals surface area (Å²) in [6.07, 6.45) is 0. The van der Waals surface area contributed by atoms with Crippen LogP contribution >= 0.6 is 45.2 Å². The van der Waals surface area contributed by atoms with Gasteiger partial charge < -0.3 is 11.1 Å². The van der Waals surface area contributed by atoms with Gasteiger partial charge in [0.25, 0.3) is 0 Å². The topological polar surface area (TPSA) is 38.0 Å². The third kappa shape index (κ3) is 3.04. The first kappa shape index (κ1) is 16.0. The van der Waals surface area contributed by atoms with Crippen LogP contribution in [0.2, 0.25) is 0 Å². The van der Waals surface area contributed by atoms with Crippen LogP contribution in [-0.4, -0.2) is 0 Å². The lowest BCUT2D eigenvalue weighted by atomic mass is 10.1. The van der Waals surface area contributed by atoms with E-state index in [2.05, 4.69) is 105 Å². The van der Waals surface area contributed by atoms with Crippen molar-refractivity contribution in [2.24, 2.45) is 0 Å². The van der Waals surface area contributed by atoms with Gasteiger partial charge in [0.15, 0.2) is 0 Å². The highest BCUT2D eigenvalue weighted by atomic mass is 127. The molecule has 118 valence electrons. The molecule has 0 saturated carbocycles. The summed E-state index contributed by atoms with van der Waals surface area (Å²) in [5.41, 5.74) is 8.87. The van der Waals surface area contributed by atoms with Gasteiger partial charge in [-0.05, 0) is 109 Å². The Balaban J connectivity index is 1.75. The first-order valence-electron chi connectivity index (χ1n) is 7.54. The fraction of sp³-hybridized carbons (Fsp3) is 0. The number of hydrogen-bond acceptors (Lipinski definition) is 2. The van der Waals surface area contributed by atoms with Gasteiger partial charge in [0, 0.05) is 24.2 Å². The molecule has 0 aliphatic carbocycles. The van der Waals surface area contributed by atoms with Crippen LogP contribution in [0.15, 0.2) is 66.7 Å². The van der Waals surface area contributed by atoms with Crippen LogP contribution in [0.3, 0.4) is 0 Å². The summed E-state index contributed by atoms with van der Waals surface area (Å²) in [5.74, 6) is 0. The van der Waals surface area contributed by atoms with Crippen LogP contribution in [0.1, 0.15) is 0 Å². The van der Waals surface area contributed by atoms with Crippen molar-refractivity contribution in [1.82, 2.24) is 0 Å². The molecule has 0 aromatic heterocycles. The predicted molar refractivity (Wildman–Crippen MR) is 121 cm³/mol. The summed E-state index contributed by atoms with van der Waals surface area (Å²) in [6, 6.07) is 23.2. The number of fused-ring (bicyclic) bond motifs is 2. The standard InChI is InChI=1S/C20H14I2N2/c21-19-3-1-2-12-8-15(6-7-17(12)19)24-16-9-13-4-5-14(23)10-18(13)20(22)11-16/h1-11,24H,23H2. The van der Waals surface area contributed by atoms with Crippen molar-refractivity contribution in [2.45, 2.75) is 0 Å². The van der Waals surface area contributed by atoms with Gasteiger partial charge in [-0.2, -0.15) is 0 Å². The Morgan fingerprint density at radius 1 is 0.667 bits per heavy atom. The van der Waals surface area contributed by atoms with E-state index in [4.69, 9.17) is 5.73 Å². The fourth-order valence-electron chi connectivity index (χ4n) is 2.89. The highest BCUT2D eigenvalue weighted by molar-refractivity contribution is 14.1. The van der Waals surface area contributed by atoms with E-state index in [-0.39, 0.29) is 0 Å². The third-order valence-corrected chi connectivity index (χ3v) is 5.88. The van der Waals surface area contributed by atoms with E-state index in [1.165, 1.54) is 28.7 Å². The Bertz CT molecular complexity index is 1070. The van der Waals surface area contributed by atoms with Gasteiger partial charge in [0.05, 0.1) is 0 Å². The molecule has 0 unspecified atom stereocenters. The second-order valence-electron chi connectivity index (χ2n) is 5.74. The molecule has 0 bridgehead atoms. The van der Waals surface area contributed by atoms with Crippen LogP contribution in [0, 0.1) is 7.14 Å². The van der Waals surface area contributed by atoms with Gasteiger partial charge in [-0.3, -0.25) is 0 Å². The van der Waals surface area contributed by atoms with E-state index in [0.717, 1.165) is 17.1 Å². The molecule has 4 rings (SSSR count). The van der Waals surface area contributed by atoms with Crippen LogP contribution in [0.25, 0.3) is 21.5 Å². The summed E-state index contributed by atoms with van der Waals surface area (Å²) >= 11 is 4.74. The van der Waals surface area contributed by atoms with Crippen LogP contribution in [-0.2, 0) is 0 Å². The van der Waals surface area contributed by atoms with E-state index in [9.17, 15) is 0 Å². The number of nitrogen functional groups attached to an aromatic ring is 1. The zero-order valence-corrected chi connectivity index (χ0v) is 17.0. The lowest BCUT2D eigenvalue weighted by molar-refractivity contribution is 1.57. The number of nitrogens with one attached hydrogen (secondary N) is 1. The maximum atomic E-state index is 5.90. The van der Waals surface area contributed by atoms with E-state index in [1.54, 1.807) is 0 Å². The SMILES string of the molecule is Nc1ccc2cc(Nc3ccc4c(I)cccc4c3)cc(I)c2c1. The fourth-order valence-corrected chi connectivity index (χ4v) is 4.39. The van der Waals surface area contributed by atoms with Crippen molar-refractivity contribution < 1.29 is 0 Å². The van der Waals surface area contributed by atoms with Gasteiger partial charge in [-0.15, -0.1) is 0 Å². The van der Waals surface area contributed by atoms with Crippen molar-refractivity contribution >= 4 is 83.8 Å². The van der Waals surface area contributed by atoms with Crippen molar-refractivity contribution in [3.8, 4) is 0 Å². The van der Waals surface area contributed by atoms with Gasteiger partial charge in [-0.1, -0.05) is 24.3 Å². The van der Waals surface area contributed by atoms with Gasteiger partial charge >= 0.3 is 0 Å². The predicted octanol–water partition coefficient (Wildman–Crippen LogP) is 6.53. The highest BCUT2D eigenvalue weighted by Gasteiger charge is 2.05. The van der Waals surface area contributed by atoms with Crippen molar-refractivity contribution in [1.29, 1.82) is 0 Å². The number of anilines is 3. The lowest BCUT2D eigenvalue weighted by Crippen LogP contribution is -1.93. The second-order valence-corrected chi connectivity index (χ2v) is 8.06. The largest absolute Gasteiger partial charge is 0.399 e. The molecule has 4 heteroatoms. The average molecular weight is 536 g/mol. The molecule has 0 atom stereocenters. The Kier molecular flexibility index (Phi) is 4.26. The molecule has 4 aromatic rings. The molecule has 3 N–H and O–H groups in total. The van der Waals surface area contributed by atoms with Crippen LogP contribution in [0.4, 0.5) is 17.1 Å². The Hall–Kier alpha value is -1.54. The van der Waals surface area contributed by atoms with Gasteiger partial charge in [-0.25, -0.2) is 0 Å². The minimum absolute atomic E-state index is 0.797. The quantitative estimate of drug-likeness (QED) is 0.226. The van der Waals surface area contributed by atoms with E-state index < -0.39 is 0 Å². The Morgan fingerprint density at radius 2 is 1.46 bits per heavy atom. The van der Waals surface area contributed by atoms with E-state index in [1.807, 2.05) is 12.1 Å². The summed E-state index contributed by atoms with van der Waals surface area (Å²) < 4.78 is 2.46. The number of hydrogen-bond donors (Lipinski definition) is 2. The first-order chi connectivity index (χ1) is 11.6. The molecule has 0 aliphatic rings. The summed E-state index contributed by atoms with van der Waals surface area (Å²) in [5, 5.41) is 8.43. The molecule has 4 aromatic carbocycles. The van der Waals surface area contributed by atoms with Crippen molar-refractivity contribution in [2.75, 3.05) is 11.1 Å². The summed E-state index contributed by atoms with van der Waals surface area (Å²) in [6.45, 7) is 0. The molecule has 0 saturated heterocycles. The van der Waals surface area contributed by atoms with E-state index >= 15 is 0 Å². The Morgan fingerprint density at radius 3 is 2.33 bits per heavy atom. The molecule has 0 heterocycles. The molecular weight excluding hydrogens is 522 g/mol. The molecular formula is C20H14I2N2. The van der Waals surface area contributed by atoms with Crippen LogP contribution in [0.5, 0.6) is 0 Å². The number of benzene rings is 4. The highest BCUT2D eigenvalue weighted by Crippen LogP contribution is 2.30. The number of halogens is 2. The van der Waals surface area contributed by atoms with Gasteiger partial charge in [0.1, 0.15) is 0 Å². The van der Waals surface area contributed by atoms with E-state index in [0.29, 0.717) is 0 Å². The average Bonchev–Trinajstić information content (AvgIpc) is 2.56. The second kappa shape index (κ2) is 6.40. The first-order valence-corrected chi connectivity index (χ1v) is 9.70. The molecule has 24 heavy (non-hydrogen) atoms. The summed E-state index contributed by atoms with van der Waals surface area (Å²) in [4.78, 5) is 0. The minimum atomic E-state index is 0.797. The number of rotatable bonds is 2. The monoisotopic (exact) mass is 536 g/mol.